The van der Waals surface area contributed by atoms with E-state index in [1.165, 1.54) is 6.33 Å². The number of fused-ring (bicyclic) bond motifs is 1. The first-order valence-electron chi connectivity index (χ1n) is 9.19. The molecule has 0 spiro atoms. The molecule has 2 aromatic rings. The van der Waals surface area contributed by atoms with Crippen LogP contribution in [0.5, 0.6) is 0 Å². The lowest BCUT2D eigenvalue weighted by molar-refractivity contribution is -0.745. The molecule has 29 heavy (non-hydrogen) atoms. The van der Waals surface area contributed by atoms with Gasteiger partial charge in [-0.3, -0.25) is 14.8 Å². The maximum Gasteiger partial charge on any atom is 0.488 e. The lowest BCUT2D eigenvalue weighted by Gasteiger charge is -2.26. The number of nitrogen functional groups attached to an aromatic ring is 1. The molecular formula is C16H25N5O7P+. The van der Waals surface area contributed by atoms with E-state index in [0.29, 0.717) is 0 Å². The molecule has 5 atom stereocenters. The molecule has 0 aliphatic carbocycles. The highest BCUT2D eigenvalue weighted by Crippen LogP contribution is 2.33. The van der Waals surface area contributed by atoms with Crippen molar-refractivity contribution in [1.29, 1.82) is 0 Å². The van der Waals surface area contributed by atoms with E-state index in [2.05, 4.69) is 15.0 Å². The number of H-pyrrole nitrogens is 2. The Morgan fingerprint density at radius 3 is 2.59 bits per heavy atom. The van der Waals surface area contributed by atoms with E-state index in [9.17, 15) is 14.3 Å². The predicted molar refractivity (Wildman–Crippen MR) is 98.8 cm³/mol. The first-order valence-corrected chi connectivity index (χ1v) is 10.3. The third-order valence-corrected chi connectivity index (χ3v) is 4.63. The zero-order chi connectivity index (χ0) is 21.3. The molecule has 0 radical (unpaired) electrons. The molecule has 3 rings (SSSR count). The molecule has 2 aromatic heterocycles. The Balaban J connectivity index is 2.03. The number of nitrogens with one attached hydrogen (secondary N) is 2. The fourth-order valence-electron chi connectivity index (χ4n) is 3.32. The first-order chi connectivity index (χ1) is 13.7. The number of hydrogen-bond donors (Lipinski definition) is 3. The SMILES string of the molecule is CC(C)OC1[C@@H](OC(C)C)[C@@H](CO[P+](=O)[O-])O[C@H]1[n+]1c[nH]c2c(=O)[nH]c(N)nc21. The van der Waals surface area contributed by atoms with Crippen LogP contribution in [0.1, 0.15) is 33.9 Å². The van der Waals surface area contributed by atoms with Crippen molar-refractivity contribution in [3.05, 3.63) is 16.7 Å². The zero-order valence-corrected chi connectivity index (χ0v) is 17.4. The summed E-state index contributed by atoms with van der Waals surface area (Å²) in [6.07, 6.45) is -1.55. The first kappa shape index (κ1) is 21.8. The van der Waals surface area contributed by atoms with Crippen LogP contribution in [0.25, 0.3) is 11.2 Å². The lowest BCUT2D eigenvalue weighted by atomic mass is 10.1. The van der Waals surface area contributed by atoms with Gasteiger partial charge in [0, 0.05) is 0 Å². The van der Waals surface area contributed by atoms with E-state index in [1.807, 2.05) is 27.7 Å². The molecule has 3 heterocycles. The highest BCUT2D eigenvalue weighted by molar-refractivity contribution is 7.30. The van der Waals surface area contributed by atoms with Gasteiger partial charge in [-0.25, -0.2) is 4.57 Å². The fourth-order valence-corrected chi connectivity index (χ4v) is 3.59. The predicted octanol–water partition coefficient (Wildman–Crippen LogP) is -0.360. The molecule has 160 valence electrons. The Morgan fingerprint density at radius 2 is 1.97 bits per heavy atom. The van der Waals surface area contributed by atoms with Crippen molar-refractivity contribution < 1.29 is 32.8 Å². The molecule has 1 aliphatic heterocycles. The van der Waals surface area contributed by atoms with Crippen LogP contribution in [-0.4, -0.2) is 52.1 Å². The quantitative estimate of drug-likeness (QED) is 0.374. The molecule has 2 unspecified atom stereocenters. The van der Waals surface area contributed by atoms with Crippen molar-refractivity contribution in [1.82, 2.24) is 15.0 Å². The van der Waals surface area contributed by atoms with E-state index in [1.54, 1.807) is 4.57 Å². The van der Waals surface area contributed by atoms with Gasteiger partial charge in [0.15, 0.2) is 6.33 Å². The van der Waals surface area contributed by atoms with E-state index in [0.717, 1.165) is 0 Å². The largest absolute Gasteiger partial charge is 0.566 e. The van der Waals surface area contributed by atoms with E-state index in [-0.39, 0.29) is 35.9 Å². The van der Waals surface area contributed by atoms with Crippen LogP contribution in [-0.2, 0) is 23.3 Å². The second-order valence-corrected chi connectivity index (χ2v) is 7.92. The van der Waals surface area contributed by atoms with E-state index >= 15 is 0 Å². The van der Waals surface area contributed by atoms with Gasteiger partial charge in [0.05, 0.1) is 12.2 Å². The molecule has 1 fully saturated rings. The summed E-state index contributed by atoms with van der Waals surface area (Å²) in [5, 5.41) is 0. The van der Waals surface area contributed by atoms with Crippen LogP contribution in [0.4, 0.5) is 5.95 Å². The van der Waals surface area contributed by atoms with Crippen LogP contribution >= 0.6 is 8.25 Å². The number of hydrogen-bond acceptors (Lipinski definition) is 9. The average Bonchev–Trinajstić information content (AvgIpc) is 3.15. The third kappa shape index (κ3) is 4.80. The number of aromatic nitrogens is 4. The van der Waals surface area contributed by atoms with Gasteiger partial charge in [-0.15, -0.1) is 4.52 Å². The van der Waals surface area contributed by atoms with E-state index in [4.69, 9.17) is 24.5 Å². The Kier molecular flexibility index (Phi) is 6.62. The lowest BCUT2D eigenvalue weighted by Crippen LogP contribution is -2.48. The number of anilines is 1. The maximum atomic E-state index is 12.1. The normalized spacial score (nSPS) is 25.4. The van der Waals surface area contributed by atoms with Crippen LogP contribution in [0, 0.1) is 0 Å². The maximum absolute atomic E-state index is 12.1. The van der Waals surface area contributed by atoms with Gasteiger partial charge in [0.2, 0.25) is 11.7 Å². The summed E-state index contributed by atoms with van der Waals surface area (Å²) in [4.78, 5) is 32.5. The summed E-state index contributed by atoms with van der Waals surface area (Å²) in [7, 11) is -3.05. The van der Waals surface area contributed by atoms with Gasteiger partial charge in [0.1, 0.15) is 24.9 Å². The summed E-state index contributed by atoms with van der Waals surface area (Å²) in [6.45, 7) is 7.20. The van der Waals surface area contributed by atoms with E-state index < -0.39 is 38.4 Å². The second kappa shape index (κ2) is 8.82. The average molecular weight is 430 g/mol. The van der Waals surface area contributed by atoms with Crippen molar-refractivity contribution in [2.24, 2.45) is 0 Å². The summed E-state index contributed by atoms with van der Waals surface area (Å²) >= 11 is 0. The molecule has 1 saturated heterocycles. The summed E-state index contributed by atoms with van der Waals surface area (Å²) in [5.74, 6) is -0.0478. The van der Waals surface area contributed by atoms with Gasteiger partial charge in [-0.05, 0) is 32.3 Å². The van der Waals surface area contributed by atoms with Gasteiger partial charge >= 0.3 is 13.9 Å². The minimum absolute atomic E-state index is 0.0478. The molecule has 0 bridgehead atoms. The Bertz CT molecular complexity index is 930. The topological polar surface area (TPSA) is 168 Å². The minimum Gasteiger partial charge on any atom is -0.566 e. The fraction of sp³-hybridized carbons (Fsp3) is 0.688. The second-order valence-electron chi connectivity index (χ2n) is 7.21. The molecule has 1 aliphatic rings. The Hall–Kier alpha value is -1.95. The number of imidazole rings is 1. The van der Waals surface area contributed by atoms with Gasteiger partial charge in [-0.2, -0.15) is 0 Å². The Morgan fingerprint density at radius 1 is 1.31 bits per heavy atom. The molecule has 0 aromatic carbocycles. The summed E-state index contributed by atoms with van der Waals surface area (Å²) in [5.41, 5.74) is 5.75. The van der Waals surface area contributed by atoms with Crippen LogP contribution < -0.4 is 20.8 Å². The minimum atomic E-state index is -3.05. The van der Waals surface area contributed by atoms with Crippen molar-refractivity contribution in [2.45, 2.75) is 64.4 Å². The van der Waals surface area contributed by atoms with Crippen molar-refractivity contribution in [3.63, 3.8) is 0 Å². The monoisotopic (exact) mass is 430 g/mol. The van der Waals surface area contributed by atoms with Crippen LogP contribution in [0.3, 0.4) is 0 Å². The van der Waals surface area contributed by atoms with Gasteiger partial charge in [-0.1, -0.05) is 4.98 Å². The number of nitrogens with zero attached hydrogens (tertiary/aromatic N) is 2. The molecule has 0 saturated carbocycles. The Labute approximate surface area is 167 Å². The highest BCUT2D eigenvalue weighted by Gasteiger charge is 2.51. The van der Waals surface area contributed by atoms with Gasteiger partial charge < -0.3 is 24.8 Å². The molecule has 0 amide bonds. The van der Waals surface area contributed by atoms with Gasteiger partial charge in [0.25, 0.3) is 11.5 Å². The number of ether oxygens (including phenoxy) is 3. The number of aromatic amines is 2. The van der Waals surface area contributed by atoms with Crippen molar-refractivity contribution in [3.8, 4) is 0 Å². The highest BCUT2D eigenvalue weighted by atomic mass is 31.1. The third-order valence-electron chi connectivity index (χ3n) is 4.27. The number of rotatable bonds is 8. The van der Waals surface area contributed by atoms with Crippen molar-refractivity contribution in [2.75, 3.05) is 12.3 Å². The number of nitrogens with two attached hydrogens (primary N) is 1. The van der Waals surface area contributed by atoms with Crippen LogP contribution in [0.15, 0.2) is 11.1 Å². The van der Waals surface area contributed by atoms with Crippen molar-refractivity contribution >= 4 is 25.4 Å². The zero-order valence-electron chi connectivity index (χ0n) is 16.5. The molecule has 13 heteroatoms. The standard InChI is InChI=1S/C16H24N5O7P/c1-7(2)26-11-9(5-25-29(23)24)28-15(12(11)27-8(3)4)21-6-18-10-13(21)19-16(17)20-14(10)22/h6-9,11-12,15H,5H2,1-4H3,(H3,17,19,20,22)/p+1/t9-,11+,12?,15-/m1/s1. The summed E-state index contributed by atoms with van der Waals surface area (Å²) in [6, 6.07) is 0. The molecule has 4 N–H and O–H groups in total. The smallest absolute Gasteiger partial charge is 0.488 e. The van der Waals surface area contributed by atoms with Crippen LogP contribution in [0.2, 0.25) is 0 Å². The molecule has 12 nitrogen and oxygen atoms in total. The molecular weight excluding hydrogens is 405 g/mol. The summed E-state index contributed by atoms with van der Waals surface area (Å²) < 4.78 is 35.4.